The molecule has 1 amide bonds. The van der Waals surface area contributed by atoms with Gasteiger partial charge in [-0.25, -0.2) is 8.42 Å². The summed E-state index contributed by atoms with van der Waals surface area (Å²) in [6.45, 7) is -0.288. The minimum absolute atomic E-state index is 0.0478. The average Bonchev–Trinajstić information content (AvgIpc) is 2.80. The van der Waals surface area contributed by atoms with Gasteiger partial charge < -0.3 is 15.2 Å². The largest absolute Gasteiger partial charge is 0.505 e. The molecule has 0 fully saturated rings. The lowest BCUT2D eigenvalue weighted by Crippen LogP contribution is -2.34. The average molecular weight is 456 g/mol. The van der Waals surface area contributed by atoms with Crippen molar-refractivity contribution in [2.75, 3.05) is 20.7 Å². The van der Waals surface area contributed by atoms with Crippen LogP contribution in [-0.4, -0.2) is 56.2 Å². The van der Waals surface area contributed by atoms with E-state index >= 15 is 0 Å². The van der Waals surface area contributed by atoms with Crippen LogP contribution in [0.3, 0.4) is 0 Å². The summed E-state index contributed by atoms with van der Waals surface area (Å²) in [4.78, 5) is 36.0. The predicted octanol–water partition coefficient (Wildman–Crippen LogP) is 1.73. The lowest BCUT2D eigenvalue weighted by molar-refractivity contribution is -0.139. The highest BCUT2D eigenvalue weighted by atomic mass is 32.2. The first-order valence-electron chi connectivity index (χ1n) is 9.36. The monoisotopic (exact) mass is 456 g/mol. The van der Waals surface area contributed by atoms with Crippen LogP contribution in [0.4, 0.5) is 0 Å². The molecule has 9 nitrogen and oxygen atoms in total. The number of methoxy groups -OCH3 is 1. The number of ether oxygens (including phenoxy) is 1. The Morgan fingerprint density at radius 1 is 1.12 bits per heavy atom. The molecule has 1 aliphatic rings. The van der Waals surface area contributed by atoms with Crippen molar-refractivity contribution in [2.45, 2.75) is 4.90 Å². The molecule has 0 atom stereocenters. The minimum Gasteiger partial charge on any atom is -0.505 e. The van der Waals surface area contributed by atoms with Gasteiger partial charge in [0, 0.05) is 18.2 Å². The van der Waals surface area contributed by atoms with Crippen LogP contribution in [0, 0.1) is 0 Å². The Labute approximate surface area is 184 Å². The van der Waals surface area contributed by atoms with Crippen LogP contribution in [0.15, 0.2) is 65.2 Å². The first-order chi connectivity index (χ1) is 15.2. The summed E-state index contributed by atoms with van der Waals surface area (Å²) in [5, 5.41) is 13.0. The van der Waals surface area contributed by atoms with Crippen molar-refractivity contribution < 1.29 is 32.6 Å². The summed E-state index contributed by atoms with van der Waals surface area (Å²) in [5.74, 6) is -2.28. The predicted molar refractivity (Wildman–Crippen MR) is 116 cm³/mol. The van der Waals surface area contributed by atoms with Crippen molar-refractivity contribution in [2.24, 2.45) is 0 Å². The Balaban J connectivity index is 1.86. The fourth-order valence-electron chi connectivity index (χ4n) is 3.06. The van der Waals surface area contributed by atoms with Gasteiger partial charge in [0.25, 0.3) is 15.9 Å². The van der Waals surface area contributed by atoms with E-state index in [-0.39, 0.29) is 28.3 Å². The molecule has 3 rings (SSSR count). The van der Waals surface area contributed by atoms with E-state index in [0.717, 1.165) is 10.4 Å². The maximum Gasteiger partial charge on any atom is 0.325 e. The van der Waals surface area contributed by atoms with E-state index in [1.54, 1.807) is 18.2 Å². The van der Waals surface area contributed by atoms with Gasteiger partial charge in [-0.15, -0.1) is 0 Å². The van der Waals surface area contributed by atoms with Gasteiger partial charge in [-0.1, -0.05) is 30.3 Å². The number of esters is 1. The molecule has 1 heterocycles. The molecular formula is C22H20N2O7S. The number of benzene rings is 2. The zero-order chi connectivity index (χ0) is 23.5. The Morgan fingerprint density at radius 3 is 2.56 bits per heavy atom. The lowest BCUT2D eigenvalue weighted by atomic mass is 10.1. The second-order valence-electron chi connectivity index (χ2n) is 6.75. The van der Waals surface area contributed by atoms with Crippen LogP contribution in [-0.2, 0) is 24.3 Å². The van der Waals surface area contributed by atoms with E-state index in [1.807, 2.05) is 0 Å². The van der Waals surface area contributed by atoms with Crippen molar-refractivity contribution in [1.29, 1.82) is 0 Å². The van der Waals surface area contributed by atoms with Crippen LogP contribution in [0.25, 0.3) is 11.8 Å². The number of fused-ring (bicyclic) bond motifs is 1. The molecule has 0 bridgehead atoms. The van der Waals surface area contributed by atoms with Gasteiger partial charge in [0.2, 0.25) is 5.78 Å². The third-order valence-corrected chi connectivity index (χ3v) is 6.57. The van der Waals surface area contributed by atoms with E-state index in [2.05, 4.69) is 10.1 Å². The fraction of sp³-hybridized carbons (Fsp3) is 0.136. The van der Waals surface area contributed by atoms with Crippen molar-refractivity contribution in [3.63, 3.8) is 0 Å². The number of amides is 1. The summed E-state index contributed by atoms with van der Waals surface area (Å²) in [5.41, 5.74) is 0.390. The molecule has 2 aromatic rings. The van der Waals surface area contributed by atoms with Crippen LogP contribution < -0.4 is 5.32 Å². The van der Waals surface area contributed by atoms with E-state index in [0.29, 0.717) is 5.56 Å². The summed E-state index contributed by atoms with van der Waals surface area (Å²) < 4.78 is 30.6. The van der Waals surface area contributed by atoms with Gasteiger partial charge >= 0.3 is 5.97 Å². The number of nitrogens with zero attached hydrogens (tertiary/aromatic N) is 1. The third-order valence-electron chi connectivity index (χ3n) is 4.75. The van der Waals surface area contributed by atoms with Gasteiger partial charge in [-0.2, -0.15) is 0 Å². The fourth-order valence-corrected chi connectivity index (χ4v) is 4.47. The molecule has 1 aliphatic heterocycles. The minimum atomic E-state index is -3.99. The number of nitrogens with one attached hydrogen (secondary N) is 1. The number of aliphatic hydroxyl groups excluding tert-OH is 1. The molecule has 166 valence electrons. The first-order valence-corrected chi connectivity index (χ1v) is 10.8. The highest BCUT2D eigenvalue weighted by Crippen LogP contribution is 2.34. The van der Waals surface area contributed by atoms with E-state index in [9.17, 15) is 27.9 Å². The van der Waals surface area contributed by atoms with Crippen LogP contribution in [0.5, 0.6) is 0 Å². The van der Waals surface area contributed by atoms with Crippen LogP contribution >= 0.6 is 0 Å². The number of aliphatic hydroxyl groups is 1. The van der Waals surface area contributed by atoms with Crippen molar-refractivity contribution >= 4 is 39.5 Å². The third kappa shape index (κ3) is 4.40. The van der Waals surface area contributed by atoms with Crippen LogP contribution in [0.2, 0.25) is 0 Å². The van der Waals surface area contributed by atoms with Gasteiger partial charge in [-0.3, -0.25) is 18.7 Å². The number of hydrogen-bond acceptors (Lipinski definition) is 7. The Bertz CT molecular complexity index is 1260. The molecule has 32 heavy (non-hydrogen) atoms. The highest BCUT2D eigenvalue weighted by molar-refractivity contribution is 7.89. The number of ketones is 1. The molecule has 2 aromatic carbocycles. The molecule has 0 aliphatic carbocycles. The zero-order valence-corrected chi connectivity index (χ0v) is 18.0. The maximum absolute atomic E-state index is 12.8. The number of hydrogen-bond donors (Lipinski definition) is 2. The molecular weight excluding hydrogens is 436 g/mol. The summed E-state index contributed by atoms with van der Waals surface area (Å²) in [6.07, 6.45) is 2.50. The normalized spacial score (nSPS) is 14.8. The maximum atomic E-state index is 12.8. The van der Waals surface area contributed by atoms with Crippen molar-refractivity contribution in [1.82, 2.24) is 9.62 Å². The number of allylic oxidation sites excluding steroid dienone is 1. The Morgan fingerprint density at radius 2 is 1.84 bits per heavy atom. The molecule has 0 saturated heterocycles. The Kier molecular flexibility index (Phi) is 6.45. The smallest absolute Gasteiger partial charge is 0.325 e. The lowest BCUT2D eigenvalue weighted by Gasteiger charge is -2.27. The number of carbonyl (C=O) groups is 3. The Hall–Kier alpha value is -3.92. The second kappa shape index (κ2) is 9.06. The van der Waals surface area contributed by atoms with Gasteiger partial charge in [-0.05, 0) is 35.9 Å². The number of carbonyl (C=O) groups excluding carboxylic acids is 3. The molecule has 0 spiro atoms. The van der Waals surface area contributed by atoms with Gasteiger partial charge in [0.05, 0.1) is 12.0 Å². The number of sulfonamides is 1. The van der Waals surface area contributed by atoms with E-state index < -0.39 is 33.4 Å². The summed E-state index contributed by atoms with van der Waals surface area (Å²) in [6, 6.07) is 12.1. The molecule has 0 saturated carbocycles. The highest BCUT2D eigenvalue weighted by Gasteiger charge is 2.36. The van der Waals surface area contributed by atoms with Crippen LogP contribution in [0.1, 0.15) is 21.5 Å². The van der Waals surface area contributed by atoms with Crippen molar-refractivity contribution in [3.05, 3.63) is 77.0 Å². The summed E-state index contributed by atoms with van der Waals surface area (Å²) in [7, 11) is -1.60. The summed E-state index contributed by atoms with van der Waals surface area (Å²) >= 11 is 0. The number of rotatable bonds is 6. The van der Waals surface area contributed by atoms with Gasteiger partial charge in [0.1, 0.15) is 12.2 Å². The zero-order valence-electron chi connectivity index (χ0n) is 17.2. The van der Waals surface area contributed by atoms with Gasteiger partial charge in [0.15, 0.2) is 5.76 Å². The standard InChI is InChI=1S/C22H20N2O7S/c1-24-20(21(27)16-8-3-4-9-18(16)32(24,29)30)17(25)11-10-14-6-5-7-15(12-14)22(28)23-13-19(26)31-2/h3-12,27H,13H2,1-2H3,(H,23,28)/b11-10+. The quantitative estimate of drug-likeness (QED) is 0.500. The van der Waals surface area contributed by atoms with E-state index in [1.165, 1.54) is 50.6 Å². The van der Waals surface area contributed by atoms with E-state index in [4.69, 9.17) is 0 Å². The van der Waals surface area contributed by atoms with Crippen molar-refractivity contribution in [3.8, 4) is 0 Å². The molecule has 2 N–H and O–H groups in total. The molecule has 0 radical (unpaired) electrons. The topological polar surface area (TPSA) is 130 Å². The molecule has 0 unspecified atom stereocenters. The SMILES string of the molecule is COC(=O)CNC(=O)c1cccc(/C=C/C(=O)C2=C(O)c3ccccc3S(=O)(=O)N2C)c1. The first kappa shape index (κ1) is 22.8. The molecule has 10 heteroatoms. The second-order valence-corrected chi connectivity index (χ2v) is 8.69. The molecule has 0 aromatic heterocycles. The number of likely N-dealkylation sites (N-methyl/N-ethyl adjacent to an activating group) is 1.